The zero-order chi connectivity index (χ0) is 43.9. The van der Waals surface area contributed by atoms with Crippen molar-refractivity contribution in [2.24, 2.45) is 22.7 Å². The number of carbonyl (C=O) groups excluding carboxylic acids is 5. The summed E-state index contributed by atoms with van der Waals surface area (Å²) >= 11 is 0. The minimum Gasteiger partial charge on any atom is -0.459 e. The van der Waals surface area contributed by atoms with Gasteiger partial charge in [0.15, 0.2) is 12.4 Å². The molecule has 1 saturated heterocycles. The second-order valence-electron chi connectivity index (χ2n) is 17.8. The van der Waals surface area contributed by atoms with Crippen molar-refractivity contribution >= 4 is 29.7 Å². The van der Waals surface area contributed by atoms with Gasteiger partial charge in [0, 0.05) is 51.9 Å². The summed E-state index contributed by atoms with van der Waals surface area (Å²) in [5, 5.41) is 31.1. The van der Waals surface area contributed by atoms with Crippen LogP contribution in [0.2, 0.25) is 0 Å². The van der Waals surface area contributed by atoms with Gasteiger partial charge in [-0.2, -0.15) is 0 Å². The van der Waals surface area contributed by atoms with Crippen molar-refractivity contribution in [3.63, 3.8) is 0 Å². The zero-order valence-electron chi connectivity index (χ0n) is 36.5. The summed E-state index contributed by atoms with van der Waals surface area (Å²) in [5.41, 5.74) is 0.558. The van der Waals surface area contributed by atoms with Crippen LogP contribution >= 0.6 is 0 Å². The highest BCUT2D eigenvalue weighted by molar-refractivity contribution is 5.87. The van der Waals surface area contributed by atoms with Gasteiger partial charge in [-0.05, 0) is 82.8 Å². The molecule has 14 nitrogen and oxygen atoms in total. The molecule has 0 radical (unpaired) electrons. The van der Waals surface area contributed by atoms with Crippen LogP contribution in [-0.4, -0.2) is 106 Å². The van der Waals surface area contributed by atoms with Crippen molar-refractivity contribution in [2.75, 3.05) is 6.61 Å². The Hall–Kier alpha value is -3.43. The van der Waals surface area contributed by atoms with Gasteiger partial charge in [-0.15, -0.1) is 0 Å². The van der Waals surface area contributed by atoms with Gasteiger partial charge in [-0.3, -0.25) is 24.0 Å². The second-order valence-corrected chi connectivity index (χ2v) is 17.8. The van der Waals surface area contributed by atoms with E-state index in [0.717, 1.165) is 11.1 Å². The predicted octanol–water partition coefficient (Wildman–Crippen LogP) is 5.38. The Kier molecular flexibility index (Phi) is 17.1. The van der Waals surface area contributed by atoms with Crippen molar-refractivity contribution in [1.82, 2.24) is 0 Å². The van der Waals surface area contributed by atoms with Gasteiger partial charge in [-0.1, -0.05) is 51.0 Å². The standard InChI is InChI=1S/C44H68O14/c1-24(13-16-31(53-27(4)46)21-26(3)33(54-28(5)47)22-32-25(2)15-18-36(50)42(32,8)9)14-17-35-43(10,11)37(19-20-44(35,12)58-30(7)49)57-41-40(55-29(6)48)39(52)38(51)34(23-45)56-41/h13,15,21,31-35,37-41,45,51-52H,14,16-20,22-23H2,1-12H3/b24-13+,26-21+/t31?,32?,33?,34-,35-,37-,38+,39+,40-,41+,44-/m1/s1. The van der Waals surface area contributed by atoms with Crippen molar-refractivity contribution in [3.8, 4) is 0 Å². The molecule has 11 atom stereocenters. The smallest absolute Gasteiger partial charge is 0.303 e. The topological polar surface area (TPSA) is 201 Å². The summed E-state index contributed by atoms with van der Waals surface area (Å²) in [4.78, 5) is 61.7. The number of aliphatic hydroxyl groups excluding tert-OH is 3. The summed E-state index contributed by atoms with van der Waals surface area (Å²) in [6, 6.07) is 0. The van der Waals surface area contributed by atoms with E-state index < -0.39 is 95.9 Å². The van der Waals surface area contributed by atoms with Gasteiger partial charge < -0.3 is 43.7 Å². The number of hydrogen-bond donors (Lipinski definition) is 3. The zero-order valence-corrected chi connectivity index (χ0v) is 36.5. The van der Waals surface area contributed by atoms with Gasteiger partial charge in [0.2, 0.25) is 0 Å². The minimum absolute atomic E-state index is 0.125. The quantitative estimate of drug-likeness (QED) is 0.102. The lowest BCUT2D eigenvalue weighted by atomic mass is 9.58. The fraction of sp³-hybridized carbons (Fsp3) is 0.750. The first-order chi connectivity index (χ1) is 26.8. The third kappa shape index (κ3) is 12.3. The van der Waals surface area contributed by atoms with E-state index in [9.17, 15) is 39.3 Å². The van der Waals surface area contributed by atoms with Crippen LogP contribution in [-0.2, 0) is 52.4 Å². The van der Waals surface area contributed by atoms with E-state index in [-0.39, 0.29) is 17.6 Å². The molecule has 3 rings (SSSR count). The molecule has 1 saturated carbocycles. The largest absolute Gasteiger partial charge is 0.459 e. The third-order valence-electron chi connectivity index (χ3n) is 12.5. The molecule has 328 valence electrons. The van der Waals surface area contributed by atoms with Crippen LogP contribution in [0.5, 0.6) is 0 Å². The Balaban J connectivity index is 1.86. The molecule has 2 fully saturated rings. The van der Waals surface area contributed by atoms with Gasteiger partial charge in [-0.25, -0.2) is 0 Å². The summed E-state index contributed by atoms with van der Waals surface area (Å²) in [7, 11) is 0. The van der Waals surface area contributed by atoms with Crippen molar-refractivity contribution in [3.05, 3.63) is 34.9 Å². The monoisotopic (exact) mass is 820 g/mol. The molecule has 0 aromatic rings. The summed E-state index contributed by atoms with van der Waals surface area (Å²) in [5.74, 6) is -2.35. The maximum Gasteiger partial charge on any atom is 0.303 e. The summed E-state index contributed by atoms with van der Waals surface area (Å²) in [6.45, 7) is 20.1. The fourth-order valence-electron chi connectivity index (χ4n) is 9.19. The highest BCUT2D eigenvalue weighted by atomic mass is 16.7. The molecule has 1 heterocycles. The second kappa shape index (κ2) is 20.2. The highest BCUT2D eigenvalue weighted by Gasteiger charge is 2.56. The highest BCUT2D eigenvalue weighted by Crippen LogP contribution is 2.52. The first kappa shape index (κ1) is 48.9. The Morgan fingerprint density at radius 1 is 0.931 bits per heavy atom. The average molecular weight is 821 g/mol. The molecule has 0 aromatic carbocycles. The average Bonchev–Trinajstić information content (AvgIpc) is 3.10. The Bertz CT molecular complexity index is 1590. The number of ether oxygens (including phenoxy) is 6. The van der Waals surface area contributed by atoms with Gasteiger partial charge in [0.05, 0.1) is 12.7 Å². The van der Waals surface area contributed by atoms with Crippen molar-refractivity contribution < 1.29 is 67.7 Å². The molecule has 14 heteroatoms. The van der Waals surface area contributed by atoms with Crippen LogP contribution in [0.15, 0.2) is 34.9 Å². The predicted molar refractivity (Wildman–Crippen MR) is 213 cm³/mol. The van der Waals surface area contributed by atoms with E-state index in [1.54, 1.807) is 6.08 Å². The Morgan fingerprint density at radius 2 is 1.57 bits per heavy atom. The Labute approximate surface area is 343 Å². The van der Waals surface area contributed by atoms with Gasteiger partial charge >= 0.3 is 23.9 Å². The lowest BCUT2D eigenvalue weighted by Gasteiger charge is -2.54. The maximum atomic E-state index is 12.8. The van der Waals surface area contributed by atoms with Crippen molar-refractivity contribution in [2.45, 2.75) is 183 Å². The minimum atomic E-state index is -1.57. The first-order valence-corrected chi connectivity index (χ1v) is 20.4. The van der Waals surface area contributed by atoms with E-state index >= 15 is 0 Å². The van der Waals surface area contributed by atoms with Crippen LogP contribution in [0, 0.1) is 22.7 Å². The van der Waals surface area contributed by atoms with E-state index in [1.165, 1.54) is 27.7 Å². The number of hydrogen-bond acceptors (Lipinski definition) is 14. The molecule has 0 aromatic heterocycles. The lowest BCUT2D eigenvalue weighted by molar-refractivity contribution is -0.329. The van der Waals surface area contributed by atoms with Crippen molar-refractivity contribution in [1.29, 1.82) is 0 Å². The van der Waals surface area contributed by atoms with Gasteiger partial charge in [0.1, 0.15) is 41.9 Å². The maximum absolute atomic E-state index is 12.8. The number of carbonyl (C=O) groups is 5. The summed E-state index contributed by atoms with van der Waals surface area (Å²) < 4.78 is 35.2. The molecule has 2 aliphatic carbocycles. The molecule has 58 heavy (non-hydrogen) atoms. The van der Waals surface area contributed by atoms with Gasteiger partial charge in [0.25, 0.3) is 0 Å². The molecule has 0 bridgehead atoms. The van der Waals surface area contributed by atoms with E-state index in [1.807, 2.05) is 67.5 Å². The number of aliphatic hydroxyl groups is 3. The number of rotatable bonds is 16. The molecule has 3 unspecified atom stereocenters. The SMILES string of the molecule is CC(=O)OC(/C=C(\C)C(CC1C(C)=CCC(=O)C1(C)C)OC(C)=O)C/C=C(\C)CC[C@@H]1C(C)(C)[C@H](O[C@@H]2O[C@H](CO)[C@H](O)[C@H](O)[C@H]2OC(C)=O)CC[C@@]1(C)OC(C)=O. The third-order valence-corrected chi connectivity index (χ3v) is 12.5. The van der Waals surface area contributed by atoms with E-state index in [0.29, 0.717) is 50.5 Å². The molecule has 0 amide bonds. The number of Topliss-reactive ketones (excluding diaryl/α,β-unsaturated/α-hetero) is 1. The number of ketones is 1. The Morgan fingerprint density at radius 3 is 2.14 bits per heavy atom. The van der Waals surface area contributed by atoms with E-state index in [2.05, 4.69) is 0 Å². The normalized spacial score (nSPS) is 32.3. The molecule has 3 N–H and O–H groups in total. The van der Waals surface area contributed by atoms with Crippen LogP contribution in [0.4, 0.5) is 0 Å². The van der Waals surface area contributed by atoms with E-state index in [4.69, 9.17) is 28.4 Å². The molecular formula is C44H68O14. The lowest BCUT2D eigenvalue weighted by Crippen LogP contribution is -2.63. The molecule has 3 aliphatic rings. The molecule has 0 spiro atoms. The number of esters is 4. The van der Waals surface area contributed by atoms with Crippen LogP contribution in [0.1, 0.15) is 128 Å². The summed E-state index contributed by atoms with van der Waals surface area (Å²) in [6.07, 6.45) is 0.0425. The van der Waals surface area contributed by atoms with Crippen LogP contribution < -0.4 is 0 Å². The van der Waals surface area contributed by atoms with Crippen LogP contribution in [0.3, 0.4) is 0 Å². The molecular weight excluding hydrogens is 752 g/mol. The van der Waals surface area contributed by atoms with Crippen LogP contribution in [0.25, 0.3) is 0 Å². The fourth-order valence-corrected chi connectivity index (χ4v) is 9.19. The number of allylic oxidation sites excluding steroid dienone is 3. The molecule has 1 aliphatic heterocycles. The first-order valence-electron chi connectivity index (χ1n) is 20.4.